The van der Waals surface area contributed by atoms with Crippen LogP contribution in [0.5, 0.6) is 0 Å². The van der Waals surface area contributed by atoms with Crippen molar-refractivity contribution in [1.82, 2.24) is 35.1 Å². The largest absolute Gasteiger partial charge is 0.322 e. The number of rotatable bonds is 8. The van der Waals surface area contributed by atoms with Gasteiger partial charge < -0.3 is 4.98 Å². The molecule has 5 rings (SSSR count). The van der Waals surface area contributed by atoms with Gasteiger partial charge >= 0.3 is 0 Å². The second-order valence-corrected chi connectivity index (χ2v) is 11.1. The molecule has 8 nitrogen and oxygen atoms in total. The van der Waals surface area contributed by atoms with Gasteiger partial charge in [0.1, 0.15) is 6.04 Å². The molecule has 0 aliphatic rings. The highest BCUT2D eigenvalue weighted by Gasteiger charge is 2.34. The number of hydrogen-bond acceptors (Lipinski definition) is 6. The second-order valence-electron chi connectivity index (χ2n) is 10.7. The van der Waals surface area contributed by atoms with Crippen molar-refractivity contribution in [1.29, 1.82) is 0 Å². The van der Waals surface area contributed by atoms with Gasteiger partial charge in [-0.1, -0.05) is 48.9 Å². The van der Waals surface area contributed by atoms with E-state index in [0.29, 0.717) is 29.5 Å². The van der Waals surface area contributed by atoms with Gasteiger partial charge in [0.2, 0.25) is 0 Å². The lowest BCUT2D eigenvalue weighted by Gasteiger charge is -2.33. The van der Waals surface area contributed by atoms with Gasteiger partial charge in [-0.25, -0.2) is 4.68 Å². The predicted molar refractivity (Wildman–Crippen MR) is 154 cm³/mol. The lowest BCUT2D eigenvalue weighted by atomic mass is 9.99. The summed E-state index contributed by atoms with van der Waals surface area (Å²) in [4.78, 5) is 23.4. The zero-order valence-corrected chi connectivity index (χ0v) is 23.4. The first-order valence-electron chi connectivity index (χ1n) is 13.1. The molecular weight excluding hydrogens is 510 g/mol. The molecule has 9 heteroatoms. The third-order valence-corrected chi connectivity index (χ3v) is 7.19. The summed E-state index contributed by atoms with van der Waals surface area (Å²) in [6.07, 6.45) is 4.48. The molecule has 1 atom stereocenters. The van der Waals surface area contributed by atoms with Crippen molar-refractivity contribution in [3.63, 3.8) is 0 Å². The number of H-pyrrole nitrogens is 1. The van der Waals surface area contributed by atoms with E-state index in [-0.39, 0.29) is 5.56 Å². The van der Waals surface area contributed by atoms with E-state index in [2.05, 4.69) is 43.4 Å². The summed E-state index contributed by atoms with van der Waals surface area (Å²) in [5.74, 6) is 0.579. The van der Waals surface area contributed by atoms with Crippen molar-refractivity contribution in [2.45, 2.75) is 58.8 Å². The fourth-order valence-electron chi connectivity index (χ4n) is 4.85. The van der Waals surface area contributed by atoms with Crippen molar-refractivity contribution in [2.75, 3.05) is 0 Å². The summed E-state index contributed by atoms with van der Waals surface area (Å²) in [5, 5.41) is 14.5. The highest BCUT2D eigenvalue weighted by atomic mass is 35.5. The van der Waals surface area contributed by atoms with Crippen LogP contribution in [-0.4, -0.2) is 35.1 Å². The molecule has 0 radical (unpaired) electrons. The van der Waals surface area contributed by atoms with Crippen molar-refractivity contribution in [3.05, 3.63) is 117 Å². The van der Waals surface area contributed by atoms with Gasteiger partial charge in [0, 0.05) is 41.6 Å². The number of halogens is 1. The molecule has 0 bridgehead atoms. The Bertz CT molecular complexity index is 1640. The third-order valence-electron chi connectivity index (χ3n) is 6.82. The summed E-state index contributed by atoms with van der Waals surface area (Å²) < 4.78 is 1.80. The van der Waals surface area contributed by atoms with Crippen LogP contribution in [0.3, 0.4) is 0 Å². The summed E-state index contributed by atoms with van der Waals surface area (Å²) in [7, 11) is 0. The molecule has 0 saturated carbocycles. The molecule has 200 valence electrons. The van der Waals surface area contributed by atoms with Crippen LogP contribution in [0.15, 0.2) is 77.9 Å². The Labute approximate surface area is 232 Å². The van der Waals surface area contributed by atoms with Crippen LogP contribution in [-0.2, 0) is 25.0 Å². The number of nitrogens with one attached hydrogen (secondary N) is 1. The Hall–Kier alpha value is -3.88. The lowest BCUT2D eigenvalue weighted by Crippen LogP contribution is -2.37. The van der Waals surface area contributed by atoms with Crippen molar-refractivity contribution >= 4 is 22.5 Å². The van der Waals surface area contributed by atoms with E-state index in [1.54, 1.807) is 10.9 Å². The molecular formula is C30H32ClN7O. The molecule has 3 aromatic heterocycles. The second kappa shape index (κ2) is 11.1. The van der Waals surface area contributed by atoms with Crippen LogP contribution in [0.1, 0.15) is 61.8 Å². The van der Waals surface area contributed by atoms with Gasteiger partial charge in [0.05, 0.1) is 5.54 Å². The number of nitrogens with zero attached hydrogens (tertiary/aromatic N) is 6. The van der Waals surface area contributed by atoms with Crippen LogP contribution in [0.25, 0.3) is 10.9 Å². The van der Waals surface area contributed by atoms with Crippen LogP contribution < -0.4 is 5.56 Å². The van der Waals surface area contributed by atoms with Crippen LogP contribution in [0.2, 0.25) is 5.02 Å². The van der Waals surface area contributed by atoms with Gasteiger partial charge in [-0.05, 0) is 90.0 Å². The molecule has 0 aliphatic carbocycles. The SMILES string of the molecule is CCc1ccc2[nH]c(=O)c([C@H](c3nnnn3C(C)(C)C)N(Cc3cccnc3)Cc3ccccc3Cl)cc2c1. The smallest absolute Gasteiger partial charge is 0.253 e. The van der Waals surface area contributed by atoms with Gasteiger partial charge in [-0.15, -0.1) is 5.10 Å². The summed E-state index contributed by atoms with van der Waals surface area (Å²) >= 11 is 6.64. The molecule has 0 aliphatic heterocycles. The van der Waals surface area contributed by atoms with Crippen LogP contribution in [0, 0.1) is 0 Å². The van der Waals surface area contributed by atoms with E-state index in [0.717, 1.165) is 28.5 Å². The van der Waals surface area contributed by atoms with Gasteiger partial charge in [0.25, 0.3) is 5.56 Å². The maximum absolute atomic E-state index is 13.8. The fraction of sp³-hybridized carbons (Fsp3) is 0.300. The van der Waals surface area contributed by atoms with Crippen LogP contribution >= 0.6 is 11.6 Å². The molecule has 0 fully saturated rings. The predicted octanol–water partition coefficient (Wildman–Crippen LogP) is 5.67. The molecule has 0 unspecified atom stereocenters. The number of benzene rings is 2. The number of pyridine rings is 2. The van der Waals surface area contributed by atoms with E-state index >= 15 is 0 Å². The Morgan fingerprint density at radius 3 is 2.56 bits per heavy atom. The standard InChI is InChI=1S/C30H32ClN7O/c1-5-20-12-13-26-23(15-20)16-24(29(39)33-26)27(28-34-35-36-38(28)30(2,3)4)37(18-21-9-8-14-32-17-21)19-22-10-6-7-11-25(22)31/h6-17,27H,5,18-19H2,1-4H3,(H,33,39)/t27-/m1/s1. The van der Waals surface area contributed by atoms with E-state index in [9.17, 15) is 4.79 Å². The summed E-state index contributed by atoms with van der Waals surface area (Å²) in [6.45, 7) is 9.20. The van der Waals surface area contributed by atoms with Crippen molar-refractivity contribution < 1.29 is 0 Å². The van der Waals surface area contributed by atoms with E-state index in [1.807, 2.05) is 81.6 Å². The maximum Gasteiger partial charge on any atom is 0.253 e. The molecule has 39 heavy (non-hydrogen) atoms. The normalized spacial score (nSPS) is 12.8. The van der Waals surface area contributed by atoms with Gasteiger partial charge in [-0.3, -0.25) is 14.7 Å². The number of tetrazole rings is 1. The minimum absolute atomic E-state index is 0.185. The first-order chi connectivity index (χ1) is 18.7. The Morgan fingerprint density at radius 2 is 1.85 bits per heavy atom. The Kier molecular flexibility index (Phi) is 7.59. The fourth-order valence-corrected chi connectivity index (χ4v) is 5.04. The maximum atomic E-state index is 13.8. The molecule has 5 aromatic rings. The number of aryl methyl sites for hydroxylation is 1. The molecule has 1 N–H and O–H groups in total. The highest BCUT2D eigenvalue weighted by molar-refractivity contribution is 6.31. The summed E-state index contributed by atoms with van der Waals surface area (Å²) in [6, 6.07) is 19.2. The van der Waals surface area contributed by atoms with E-state index < -0.39 is 11.6 Å². The lowest BCUT2D eigenvalue weighted by molar-refractivity contribution is 0.184. The Morgan fingerprint density at radius 1 is 1.03 bits per heavy atom. The topological polar surface area (TPSA) is 92.6 Å². The zero-order chi connectivity index (χ0) is 27.6. The first-order valence-corrected chi connectivity index (χ1v) is 13.4. The molecule has 0 amide bonds. The Balaban J connectivity index is 1.75. The molecule has 2 aromatic carbocycles. The van der Waals surface area contributed by atoms with Gasteiger partial charge in [-0.2, -0.15) is 0 Å². The van der Waals surface area contributed by atoms with E-state index in [1.165, 1.54) is 5.56 Å². The average molecular weight is 542 g/mol. The molecule has 0 spiro atoms. The average Bonchev–Trinajstić information content (AvgIpc) is 3.41. The summed E-state index contributed by atoms with van der Waals surface area (Å²) in [5.41, 5.74) is 3.88. The number of hydrogen-bond donors (Lipinski definition) is 1. The third kappa shape index (κ3) is 5.77. The van der Waals surface area contributed by atoms with Crippen LogP contribution in [0.4, 0.5) is 0 Å². The van der Waals surface area contributed by atoms with Crippen molar-refractivity contribution in [2.24, 2.45) is 0 Å². The minimum atomic E-state index is -0.575. The van der Waals surface area contributed by atoms with Gasteiger partial charge in [0.15, 0.2) is 5.82 Å². The quantitative estimate of drug-likeness (QED) is 0.272. The molecule has 3 heterocycles. The number of fused-ring (bicyclic) bond motifs is 1. The number of aromatic amines is 1. The first kappa shape index (κ1) is 26.7. The van der Waals surface area contributed by atoms with E-state index in [4.69, 9.17) is 11.6 Å². The number of aromatic nitrogens is 6. The molecule has 0 saturated heterocycles. The van der Waals surface area contributed by atoms with Crippen molar-refractivity contribution in [3.8, 4) is 0 Å². The monoisotopic (exact) mass is 541 g/mol. The minimum Gasteiger partial charge on any atom is -0.322 e. The highest BCUT2D eigenvalue weighted by Crippen LogP contribution is 2.33. The zero-order valence-electron chi connectivity index (χ0n) is 22.6.